The zero-order valence-corrected chi connectivity index (χ0v) is 12.6. The van der Waals surface area contributed by atoms with Crippen LogP contribution in [0.25, 0.3) is 0 Å². The SMILES string of the molecule is CC(C)(C)CCS(=O)(=O)N1CCCCC1CCl. The molecular formula is C12H24ClNO2S. The van der Waals surface area contributed by atoms with Crippen molar-refractivity contribution in [3.8, 4) is 0 Å². The van der Waals surface area contributed by atoms with E-state index in [4.69, 9.17) is 11.6 Å². The van der Waals surface area contributed by atoms with E-state index < -0.39 is 10.0 Å². The van der Waals surface area contributed by atoms with Crippen LogP contribution in [-0.4, -0.2) is 36.9 Å². The van der Waals surface area contributed by atoms with Gasteiger partial charge in [-0.25, -0.2) is 8.42 Å². The predicted molar refractivity (Wildman–Crippen MR) is 72.9 cm³/mol. The minimum atomic E-state index is -3.13. The lowest BCUT2D eigenvalue weighted by molar-refractivity contribution is 0.269. The minimum Gasteiger partial charge on any atom is -0.212 e. The molecule has 17 heavy (non-hydrogen) atoms. The summed E-state index contributed by atoms with van der Waals surface area (Å²) in [5.41, 5.74) is 0.0549. The molecule has 0 aromatic rings. The summed E-state index contributed by atoms with van der Waals surface area (Å²) in [5, 5.41) is 0. The lowest BCUT2D eigenvalue weighted by atomic mass is 9.94. The number of alkyl halides is 1. The summed E-state index contributed by atoms with van der Waals surface area (Å²) in [7, 11) is -3.13. The van der Waals surface area contributed by atoms with Crippen LogP contribution in [0.3, 0.4) is 0 Å². The number of hydrogen-bond acceptors (Lipinski definition) is 2. The van der Waals surface area contributed by atoms with Crippen molar-refractivity contribution in [3.05, 3.63) is 0 Å². The first-order valence-corrected chi connectivity index (χ1v) is 8.46. The molecule has 0 amide bonds. The van der Waals surface area contributed by atoms with Gasteiger partial charge in [-0.15, -0.1) is 11.6 Å². The summed E-state index contributed by atoms with van der Waals surface area (Å²) in [6, 6.07) is 0.00962. The Morgan fingerprint density at radius 1 is 1.29 bits per heavy atom. The highest BCUT2D eigenvalue weighted by Gasteiger charge is 2.32. The Balaban J connectivity index is 2.68. The van der Waals surface area contributed by atoms with E-state index >= 15 is 0 Å². The largest absolute Gasteiger partial charge is 0.214 e. The monoisotopic (exact) mass is 281 g/mol. The summed E-state index contributed by atoms with van der Waals surface area (Å²) in [4.78, 5) is 0. The molecule has 0 aliphatic carbocycles. The van der Waals surface area contributed by atoms with Crippen LogP contribution >= 0.6 is 11.6 Å². The predicted octanol–water partition coefficient (Wildman–Crippen LogP) is 2.85. The molecule has 0 spiro atoms. The van der Waals surface area contributed by atoms with Crippen LogP contribution in [0.1, 0.15) is 46.5 Å². The van der Waals surface area contributed by atoms with Crippen LogP contribution in [-0.2, 0) is 10.0 Å². The van der Waals surface area contributed by atoms with E-state index in [1.165, 1.54) is 0 Å². The van der Waals surface area contributed by atoms with Gasteiger partial charge < -0.3 is 0 Å². The highest BCUT2D eigenvalue weighted by molar-refractivity contribution is 7.89. The molecule has 1 unspecified atom stereocenters. The summed E-state index contributed by atoms with van der Waals surface area (Å²) < 4.78 is 26.2. The van der Waals surface area contributed by atoms with Crippen molar-refractivity contribution in [2.45, 2.75) is 52.5 Å². The van der Waals surface area contributed by atoms with Gasteiger partial charge in [0.1, 0.15) is 0 Å². The Hall–Kier alpha value is 0.200. The molecule has 0 saturated carbocycles. The number of nitrogens with zero attached hydrogens (tertiary/aromatic N) is 1. The molecule has 0 aromatic heterocycles. The summed E-state index contributed by atoms with van der Waals surface area (Å²) in [6.07, 6.45) is 3.64. The molecule has 1 fully saturated rings. The van der Waals surface area contributed by atoms with E-state index in [1.807, 2.05) is 0 Å². The Kier molecular flexibility index (Phi) is 5.29. The normalized spacial score (nSPS) is 23.9. The molecule has 1 atom stereocenters. The van der Waals surface area contributed by atoms with Gasteiger partial charge in [0.15, 0.2) is 0 Å². The third-order valence-corrected chi connectivity index (χ3v) is 5.49. The van der Waals surface area contributed by atoms with Crippen molar-refractivity contribution in [1.29, 1.82) is 0 Å². The van der Waals surface area contributed by atoms with Crippen molar-refractivity contribution < 1.29 is 8.42 Å². The average Bonchev–Trinajstić information content (AvgIpc) is 2.26. The van der Waals surface area contributed by atoms with Gasteiger partial charge >= 0.3 is 0 Å². The molecule has 102 valence electrons. The molecule has 0 bridgehead atoms. The molecular weight excluding hydrogens is 258 g/mol. The summed E-state index contributed by atoms with van der Waals surface area (Å²) >= 11 is 5.87. The number of rotatable bonds is 4. The first-order chi connectivity index (χ1) is 7.76. The maximum Gasteiger partial charge on any atom is 0.214 e. The smallest absolute Gasteiger partial charge is 0.212 e. The van der Waals surface area contributed by atoms with Crippen LogP contribution in [0.2, 0.25) is 0 Å². The van der Waals surface area contributed by atoms with E-state index in [1.54, 1.807) is 4.31 Å². The van der Waals surface area contributed by atoms with E-state index in [9.17, 15) is 8.42 Å². The molecule has 1 rings (SSSR count). The molecule has 1 aliphatic heterocycles. The van der Waals surface area contributed by atoms with E-state index in [0.29, 0.717) is 18.8 Å². The third kappa shape index (κ3) is 4.76. The topological polar surface area (TPSA) is 37.4 Å². The lowest BCUT2D eigenvalue weighted by Gasteiger charge is -2.34. The summed E-state index contributed by atoms with van der Waals surface area (Å²) in [6.45, 7) is 6.84. The van der Waals surface area contributed by atoms with Crippen molar-refractivity contribution in [3.63, 3.8) is 0 Å². The van der Waals surface area contributed by atoms with Crippen LogP contribution < -0.4 is 0 Å². The molecule has 0 N–H and O–H groups in total. The van der Waals surface area contributed by atoms with Gasteiger partial charge in [-0.1, -0.05) is 27.2 Å². The van der Waals surface area contributed by atoms with Gasteiger partial charge in [0, 0.05) is 18.5 Å². The number of halogens is 1. The van der Waals surface area contributed by atoms with E-state index in [0.717, 1.165) is 19.3 Å². The maximum atomic E-state index is 12.3. The zero-order valence-electron chi connectivity index (χ0n) is 11.1. The third-order valence-electron chi connectivity index (χ3n) is 3.22. The Labute approximate surface area is 111 Å². The second-order valence-electron chi connectivity index (χ2n) is 6.04. The number of sulfonamides is 1. The fourth-order valence-corrected chi connectivity index (χ4v) is 4.60. The fourth-order valence-electron chi connectivity index (χ4n) is 2.05. The maximum absolute atomic E-state index is 12.3. The number of piperidine rings is 1. The van der Waals surface area contributed by atoms with Crippen LogP contribution in [0, 0.1) is 5.41 Å². The lowest BCUT2D eigenvalue weighted by Crippen LogP contribution is -2.46. The molecule has 1 saturated heterocycles. The van der Waals surface area contributed by atoms with Crippen LogP contribution in [0.4, 0.5) is 0 Å². The summed E-state index contributed by atoms with van der Waals surface area (Å²) in [5.74, 6) is 0.651. The van der Waals surface area contributed by atoms with Gasteiger partial charge in [0.2, 0.25) is 10.0 Å². The molecule has 3 nitrogen and oxygen atoms in total. The first kappa shape index (κ1) is 15.3. The van der Waals surface area contributed by atoms with Crippen LogP contribution in [0.15, 0.2) is 0 Å². The molecule has 0 aromatic carbocycles. The highest BCUT2D eigenvalue weighted by atomic mass is 35.5. The highest BCUT2D eigenvalue weighted by Crippen LogP contribution is 2.25. The second-order valence-corrected chi connectivity index (χ2v) is 8.39. The van der Waals surface area contributed by atoms with Crippen LogP contribution in [0.5, 0.6) is 0 Å². The molecule has 5 heteroatoms. The van der Waals surface area contributed by atoms with Gasteiger partial charge in [-0.2, -0.15) is 4.31 Å². The van der Waals surface area contributed by atoms with Crippen molar-refractivity contribution in [2.24, 2.45) is 5.41 Å². The Morgan fingerprint density at radius 2 is 1.94 bits per heavy atom. The minimum absolute atomic E-state index is 0.00962. The molecule has 1 aliphatic rings. The van der Waals surface area contributed by atoms with Gasteiger partial charge in [0.25, 0.3) is 0 Å². The standard InChI is InChI=1S/C12H24ClNO2S/c1-12(2,3)7-9-17(15,16)14-8-5-4-6-11(14)10-13/h11H,4-10H2,1-3H3. The van der Waals surface area contributed by atoms with E-state index in [-0.39, 0.29) is 17.2 Å². The van der Waals surface area contributed by atoms with E-state index in [2.05, 4.69) is 20.8 Å². The number of hydrogen-bond donors (Lipinski definition) is 0. The van der Waals surface area contributed by atoms with Crippen molar-refractivity contribution in [1.82, 2.24) is 4.31 Å². The first-order valence-electron chi connectivity index (χ1n) is 6.32. The van der Waals surface area contributed by atoms with Crippen molar-refractivity contribution >= 4 is 21.6 Å². The molecule has 1 heterocycles. The van der Waals surface area contributed by atoms with Crippen molar-refractivity contribution in [2.75, 3.05) is 18.2 Å². The average molecular weight is 282 g/mol. The van der Waals surface area contributed by atoms with Gasteiger partial charge in [-0.3, -0.25) is 0 Å². The van der Waals surface area contributed by atoms with Gasteiger partial charge in [-0.05, 0) is 24.7 Å². The quantitative estimate of drug-likeness (QED) is 0.743. The Bertz CT molecular complexity index is 335. The Morgan fingerprint density at radius 3 is 2.47 bits per heavy atom. The molecule has 0 radical (unpaired) electrons. The zero-order chi connectivity index (χ0) is 13.1. The second kappa shape index (κ2) is 5.89. The van der Waals surface area contributed by atoms with Gasteiger partial charge in [0.05, 0.1) is 5.75 Å². The fraction of sp³-hybridized carbons (Fsp3) is 1.00.